The van der Waals surface area contributed by atoms with Crippen LogP contribution in [0.25, 0.3) is 0 Å². The van der Waals surface area contributed by atoms with Crippen molar-refractivity contribution in [1.82, 2.24) is 25.3 Å². The van der Waals surface area contributed by atoms with Gasteiger partial charge in [-0.15, -0.1) is 0 Å². The molecular weight excluding hydrogens is 472 g/mol. The zero-order valence-corrected chi connectivity index (χ0v) is 22.4. The molecule has 10 heteroatoms. The van der Waals surface area contributed by atoms with Crippen molar-refractivity contribution in [1.29, 1.82) is 5.26 Å². The summed E-state index contributed by atoms with van der Waals surface area (Å²) in [6.07, 6.45) is 8.79. The van der Waals surface area contributed by atoms with Gasteiger partial charge in [0.1, 0.15) is 11.6 Å². The molecule has 0 aromatic carbocycles. The number of urea groups is 1. The molecule has 2 N–H and O–H groups in total. The van der Waals surface area contributed by atoms with E-state index in [1.807, 2.05) is 4.90 Å². The summed E-state index contributed by atoms with van der Waals surface area (Å²) < 4.78 is 5.35. The van der Waals surface area contributed by atoms with Crippen molar-refractivity contribution in [3.05, 3.63) is 0 Å². The molecule has 4 fully saturated rings. The van der Waals surface area contributed by atoms with Gasteiger partial charge >= 0.3 is 6.03 Å². The van der Waals surface area contributed by atoms with Gasteiger partial charge in [0.2, 0.25) is 11.8 Å². The van der Waals surface area contributed by atoms with Crippen molar-refractivity contribution in [2.75, 3.05) is 59.5 Å². The van der Waals surface area contributed by atoms with E-state index in [0.29, 0.717) is 64.6 Å². The summed E-state index contributed by atoms with van der Waals surface area (Å²) >= 11 is 0. The lowest BCUT2D eigenvalue weighted by Gasteiger charge is -2.40. The molecule has 3 saturated heterocycles. The smallest absolute Gasteiger partial charge is 0.318 e. The normalized spacial score (nSPS) is 24.6. The molecular formula is C27H44N6O4. The van der Waals surface area contributed by atoms with E-state index in [9.17, 15) is 19.6 Å². The van der Waals surface area contributed by atoms with Gasteiger partial charge < -0.3 is 30.1 Å². The summed E-state index contributed by atoms with van der Waals surface area (Å²) in [7, 11) is 2.08. The number of hydrogen-bond donors (Lipinski definition) is 2. The lowest BCUT2D eigenvalue weighted by molar-refractivity contribution is -0.138. The number of carbonyl (C=O) groups is 3. The van der Waals surface area contributed by atoms with E-state index >= 15 is 0 Å². The van der Waals surface area contributed by atoms with Gasteiger partial charge in [-0.25, -0.2) is 4.79 Å². The first-order chi connectivity index (χ1) is 17.9. The van der Waals surface area contributed by atoms with Crippen LogP contribution in [0.4, 0.5) is 4.79 Å². The third-order valence-electron chi connectivity index (χ3n) is 8.78. The van der Waals surface area contributed by atoms with Crippen LogP contribution in [0.2, 0.25) is 0 Å². The zero-order chi connectivity index (χ0) is 26.3. The molecule has 0 spiro atoms. The Morgan fingerprint density at radius 3 is 2.22 bits per heavy atom. The largest absolute Gasteiger partial charge is 0.378 e. The number of likely N-dealkylation sites (tertiary alicyclic amines) is 2. The van der Waals surface area contributed by atoms with Gasteiger partial charge in [-0.3, -0.25) is 9.59 Å². The number of nitriles is 1. The predicted molar refractivity (Wildman–Crippen MR) is 138 cm³/mol. The maximum Gasteiger partial charge on any atom is 0.318 e. The number of carbonyl (C=O) groups excluding carboxylic acids is 3. The van der Waals surface area contributed by atoms with Crippen LogP contribution in [-0.2, 0) is 14.3 Å². The molecule has 0 aromatic rings. The Morgan fingerprint density at radius 1 is 0.946 bits per heavy atom. The van der Waals surface area contributed by atoms with Crippen LogP contribution in [0.1, 0.15) is 64.2 Å². The lowest BCUT2D eigenvalue weighted by Crippen LogP contribution is -2.61. The topological polar surface area (TPSA) is 118 Å². The van der Waals surface area contributed by atoms with Gasteiger partial charge in [0.25, 0.3) is 0 Å². The number of nitrogens with one attached hydrogen (secondary N) is 2. The fourth-order valence-corrected chi connectivity index (χ4v) is 6.20. The second-order valence-electron chi connectivity index (χ2n) is 11.4. The second-order valence-corrected chi connectivity index (χ2v) is 11.4. The van der Waals surface area contributed by atoms with Crippen molar-refractivity contribution < 1.29 is 19.1 Å². The summed E-state index contributed by atoms with van der Waals surface area (Å²) in [5.41, 5.74) is -1.02. The minimum absolute atomic E-state index is 0.0515. The molecule has 4 amide bonds. The Bertz CT molecular complexity index is 832. The van der Waals surface area contributed by atoms with Crippen LogP contribution >= 0.6 is 0 Å². The lowest BCUT2D eigenvalue weighted by atomic mass is 9.83. The molecule has 10 nitrogen and oxygen atoms in total. The van der Waals surface area contributed by atoms with Gasteiger partial charge in [-0.05, 0) is 45.3 Å². The molecule has 4 rings (SSSR count). The number of rotatable bonds is 6. The highest BCUT2D eigenvalue weighted by Crippen LogP contribution is 2.29. The van der Waals surface area contributed by atoms with E-state index in [1.165, 1.54) is 6.42 Å². The Balaban J connectivity index is 1.36. The van der Waals surface area contributed by atoms with E-state index in [0.717, 1.165) is 51.6 Å². The maximum absolute atomic E-state index is 13.6. The van der Waals surface area contributed by atoms with Crippen LogP contribution < -0.4 is 10.6 Å². The number of hydrogen-bond acceptors (Lipinski definition) is 6. The molecule has 0 radical (unpaired) electrons. The van der Waals surface area contributed by atoms with E-state index in [1.54, 1.807) is 4.90 Å². The SMILES string of the molecule is CN1CCC(C(=O)N2CCC(C#N)(NC(=O)[C@H](CC3CCCCC3)NC(=O)N3CCOCC3)CC2)CC1. The average Bonchev–Trinajstić information content (AvgIpc) is 2.94. The van der Waals surface area contributed by atoms with Crippen molar-refractivity contribution >= 4 is 17.8 Å². The van der Waals surface area contributed by atoms with Gasteiger partial charge in [-0.1, -0.05) is 32.1 Å². The molecule has 0 bridgehead atoms. The summed E-state index contributed by atoms with van der Waals surface area (Å²) in [5, 5.41) is 16.1. The fourth-order valence-electron chi connectivity index (χ4n) is 6.20. The minimum Gasteiger partial charge on any atom is -0.378 e. The van der Waals surface area contributed by atoms with E-state index in [-0.39, 0.29) is 23.8 Å². The Kier molecular flexibility index (Phi) is 9.65. The maximum atomic E-state index is 13.6. The van der Waals surface area contributed by atoms with Gasteiger partial charge in [-0.2, -0.15) is 5.26 Å². The molecule has 3 heterocycles. The zero-order valence-electron chi connectivity index (χ0n) is 22.4. The first-order valence-corrected chi connectivity index (χ1v) is 14.2. The molecule has 1 aliphatic carbocycles. The summed E-state index contributed by atoms with van der Waals surface area (Å²) in [5.74, 6) is 0.333. The molecule has 1 saturated carbocycles. The standard InChI is InChI=1S/C27H44N6O4/c1-31-11-7-22(8-12-31)25(35)32-13-9-27(20-28,10-14-32)30-24(34)23(19-21-5-3-2-4-6-21)29-26(36)33-15-17-37-18-16-33/h21-23H,2-19H2,1H3,(H,29,36)(H,30,34)/t23-/m0/s1. The first kappa shape index (κ1) is 27.6. The molecule has 4 aliphatic rings. The monoisotopic (exact) mass is 516 g/mol. The average molecular weight is 517 g/mol. The molecule has 37 heavy (non-hydrogen) atoms. The van der Waals surface area contributed by atoms with Crippen molar-refractivity contribution in [2.24, 2.45) is 11.8 Å². The second kappa shape index (κ2) is 12.9. The highest BCUT2D eigenvalue weighted by atomic mass is 16.5. The van der Waals surface area contributed by atoms with Gasteiger partial charge in [0.15, 0.2) is 0 Å². The highest BCUT2D eigenvalue weighted by Gasteiger charge is 2.41. The molecule has 1 atom stereocenters. The third-order valence-corrected chi connectivity index (χ3v) is 8.78. The van der Waals surface area contributed by atoms with Crippen LogP contribution in [0, 0.1) is 23.2 Å². The third kappa shape index (κ3) is 7.35. The number of ether oxygens (including phenoxy) is 1. The molecule has 206 valence electrons. The van der Waals surface area contributed by atoms with E-state index in [2.05, 4.69) is 28.7 Å². The van der Waals surface area contributed by atoms with Crippen molar-refractivity contribution in [3.8, 4) is 6.07 Å². The number of amides is 4. The van der Waals surface area contributed by atoms with Gasteiger partial charge in [0, 0.05) is 44.9 Å². The van der Waals surface area contributed by atoms with Crippen LogP contribution in [-0.4, -0.2) is 104 Å². The summed E-state index contributed by atoms with van der Waals surface area (Å²) in [6.45, 7) is 4.80. The van der Waals surface area contributed by atoms with E-state index in [4.69, 9.17) is 4.74 Å². The first-order valence-electron chi connectivity index (χ1n) is 14.2. The molecule has 0 aromatic heterocycles. The van der Waals surface area contributed by atoms with Crippen LogP contribution in [0.5, 0.6) is 0 Å². The minimum atomic E-state index is -1.02. The van der Waals surface area contributed by atoms with Crippen molar-refractivity contribution in [2.45, 2.75) is 75.8 Å². The fraction of sp³-hybridized carbons (Fsp3) is 0.852. The van der Waals surface area contributed by atoms with Crippen LogP contribution in [0.3, 0.4) is 0 Å². The Labute approximate surface area is 221 Å². The van der Waals surface area contributed by atoms with Gasteiger partial charge in [0.05, 0.1) is 19.3 Å². The summed E-state index contributed by atoms with van der Waals surface area (Å²) in [4.78, 5) is 45.4. The molecule has 3 aliphatic heterocycles. The van der Waals surface area contributed by atoms with Crippen molar-refractivity contribution in [3.63, 3.8) is 0 Å². The predicted octanol–water partition coefficient (Wildman–Crippen LogP) is 1.71. The number of piperidine rings is 2. The summed E-state index contributed by atoms with van der Waals surface area (Å²) in [6, 6.07) is 1.43. The van der Waals surface area contributed by atoms with E-state index < -0.39 is 11.6 Å². The number of morpholine rings is 1. The van der Waals surface area contributed by atoms with Crippen LogP contribution in [0.15, 0.2) is 0 Å². The quantitative estimate of drug-likeness (QED) is 0.555. The number of nitrogens with zero attached hydrogens (tertiary/aromatic N) is 4. The highest BCUT2D eigenvalue weighted by molar-refractivity contribution is 5.88. The Morgan fingerprint density at radius 2 is 1.59 bits per heavy atom. The Hall–Kier alpha value is -2.38. The molecule has 0 unspecified atom stereocenters.